The third-order valence-corrected chi connectivity index (χ3v) is 3.26. The second kappa shape index (κ2) is 4.18. The van der Waals surface area contributed by atoms with Crippen molar-refractivity contribution in [2.45, 2.75) is 13.8 Å². The first-order chi connectivity index (χ1) is 7.56. The molecule has 1 aromatic heterocycles. The van der Waals surface area contributed by atoms with Gasteiger partial charge in [-0.1, -0.05) is 11.6 Å². The minimum atomic E-state index is -0.268. The van der Waals surface area contributed by atoms with Gasteiger partial charge in [-0.15, -0.1) is 11.3 Å². The Kier molecular flexibility index (Phi) is 2.88. The minimum absolute atomic E-state index is 0.0124. The Labute approximate surface area is 97.2 Å². The molecular weight excluding hydrogens is 223 g/mol. The van der Waals surface area contributed by atoms with Crippen LogP contribution in [0.4, 0.5) is 4.39 Å². The molecule has 2 rings (SSSR count). The van der Waals surface area contributed by atoms with Crippen molar-refractivity contribution in [3.63, 3.8) is 0 Å². The summed E-state index contributed by atoms with van der Waals surface area (Å²) in [4.78, 5) is 12.4. The third-order valence-electron chi connectivity index (χ3n) is 2.14. The molecule has 2 aromatic rings. The van der Waals surface area contributed by atoms with Crippen molar-refractivity contribution in [3.8, 4) is 0 Å². The maximum atomic E-state index is 13.0. The summed E-state index contributed by atoms with van der Waals surface area (Å²) >= 11 is 1.33. The van der Waals surface area contributed by atoms with E-state index in [1.165, 1.54) is 23.5 Å². The number of thiophene rings is 1. The van der Waals surface area contributed by atoms with Crippen molar-refractivity contribution in [1.82, 2.24) is 0 Å². The second-order valence-electron chi connectivity index (χ2n) is 3.88. The lowest BCUT2D eigenvalue weighted by molar-refractivity contribution is 0.105. The van der Waals surface area contributed by atoms with E-state index in [0.29, 0.717) is 4.88 Å². The van der Waals surface area contributed by atoms with E-state index in [-0.39, 0.29) is 11.6 Å². The normalized spacial score (nSPS) is 10.4. The Morgan fingerprint density at radius 2 is 2.06 bits per heavy atom. The molecule has 0 aliphatic carbocycles. The number of fused-ring (bicyclic) bond motifs is 1. The fraction of sp³-hybridized carbons (Fsp3) is 0.154. The molecule has 1 aromatic carbocycles. The highest BCUT2D eigenvalue weighted by molar-refractivity contribution is 7.21. The molecule has 0 saturated heterocycles. The molecule has 3 heteroatoms. The van der Waals surface area contributed by atoms with E-state index in [1.54, 1.807) is 18.2 Å². The lowest BCUT2D eigenvalue weighted by atomic mass is 10.2. The van der Waals surface area contributed by atoms with Gasteiger partial charge in [0.25, 0.3) is 0 Å². The molecule has 1 nitrogen and oxygen atoms in total. The number of hydrogen-bond acceptors (Lipinski definition) is 2. The topological polar surface area (TPSA) is 17.1 Å². The summed E-state index contributed by atoms with van der Waals surface area (Å²) in [6.45, 7) is 3.76. The van der Waals surface area contributed by atoms with Crippen LogP contribution < -0.4 is 0 Å². The molecule has 0 aliphatic heterocycles. The van der Waals surface area contributed by atoms with Gasteiger partial charge in [-0.25, -0.2) is 4.39 Å². The van der Waals surface area contributed by atoms with Crippen LogP contribution in [0.25, 0.3) is 10.1 Å². The number of hydrogen-bond donors (Lipinski definition) is 0. The maximum Gasteiger partial charge on any atom is 0.195 e. The summed E-state index contributed by atoms with van der Waals surface area (Å²) in [5, 5.41) is 0.914. The first-order valence-corrected chi connectivity index (χ1v) is 5.76. The highest BCUT2D eigenvalue weighted by atomic mass is 32.1. The van der Waals surface area contributed by atoms with E-state index in [0.717, 1.165) is 15.7 Å². The molecule has 16 heavy (non-hydrogen) atoms. The van der Waals surface area contributed by atoms with Gasteiger partial charge in [0.15, 0.2) is 5.78 Å². The fourth-order valence-electron chi connectivity index (χ4n) is 1.46. The summed E-state index contributed by atoms with van der Waals surface area (Å²) in [7, 11) is 0. The van der Waals surface area contributed by atoms with Gasteiger partial charge in [-0.3, -0.25) is 4.79 Å². The minimum Gasteiger partial charge on any atom is -0.288 e. The lowest BCUT2D eigenvalue weighted by Gasteiger charge is -1.89. The first kappa shape index (κ1) is 11.0. The average Bonchev–Trinajstić information content (AvgIpc) is 2.59. The zero-order chi connectivity index (χ0) is 11.7. The van der Waals surface area contributed by atoms with E-state index in [4.69, 9.17) is 0 Å². The fourth-order valence-corrected chi connectivity index (χ4v) is 2.46. The van der Waals surface area contributed by atoms with Crippen molar-refractivity contribution < 1.29 is 9.18 Å². The van der Waals surface area contributed by atoms with Gasteiger partial charge in [-0.05, 0) is 43.5 Å². The van der Waals surface area contributed by atoms with Gasteiger partial charge in [0.1, 0.15) is 5.82 Å². The van der Waals surface area contributed by atoms with E-state index in [2.05, 4.69) is 0 Å². The largest absolute Gasteiger partial charge is 0.288 e. The van der Waals surface area contributed by atoms with Crippen LogP contribution in [-0.2, 0) is 0 Å². The Balaban J connectivity index is 2.47. The summed E-state index contributed by atoms with van der Waals surface area (Å²) in [6, 6.07) is 6.37. The molecular formula is C13H11FOS. The summed E-state index contributed by atoms with van der Waals surface area (Å²) in [6.07, 6.45) is 1.60. The molecule has 0 amide bonds. The Hall–Kier alpha value is -1.48. The Morgan fingerprint density at radius 3 is 2.75 bits per heavy atom. The molecule has 0 fully saturated rings. The van der Waals surface area contributed by atoms with Gasteiger partial charge in [0, 0.05) is 4.70 Å². The molecule has 0 radical (unpaired) electrons. The molecule has 0 saturated carbocycles. The predicted octanol–water partition coefficient (Wildman–Crippen LogP) is 4.19. The summed E-state index contributed by atoms with van der Waals surface area (Å²) < 4.78 is 13.8. The first-order valence-electron chi connectivity index (χ1n) is 4.94. The molecule has 0 N–H and O–H groups in total. The molecule has 82 valence electrons. The highest BCUT2D eigenvalue weighted by Gasteiger charge is 2.08. The van der Waals surface area contributed by atoms with E-state index < -0.39 is 0 Å². The quantitative estimate of drug-likeness (QED) is 0.562. The standard InChI is InChI=1S/C13H11FOS/c1-8(2)5-11(15)13-6-9-3-4-10(14)7-12(9)16-13/h3-7H,1-2H3. The third kappa shape index (κ3) is 2.19. The van der Waals surface area contributed by atoms with Crippen molar-refractivity contribution in [3.05, 3.63) is 46.6 Å². The van der Waals surface area contributed by atoms with Crippen LogP contribution >= 0.6 is 11.3 Å². The summed E-state index contributed by atoms with van der Waals surface area (Å²) in [5.74, 6) is -0.280. The molecule has 1 heterocycles. The maximum absolute atomic E-state index is 13.0. The van der Waals surface area contributed by atoms with Crippen molar-refractivity contribution in [1.29, 1.82) is 0 Å². The predicted molar refractivity (Wildman–Crippen MR) is 65.5 cm³/mol. The summed E-state index contributed by atoms with van der Waals surface area (Å²) in [5.41, 5.74) is 0.966. The molecule has 0 aliphatic rings. The zero-order valence-electron chi connectivity index (χ0n) is 9.08. The van der Waals surface area contributed by atoms with Crippen molar-refractivity contribution in [2.75, 3.05) is 0 Å². The van der Waals surface area contributed by atoms with Crippen molar-refractivity contribution >= 4 is 27.2 Å². The van der Waals surface area contributed by atoms with Crippen molar-refractivity contribution in [2.24, 2.45) is 0 Å². The van der Waals surface area contributed by atoms with Crippen LogP contribution in [0.15, 0.2) is 35.9 Å². The molecule has 0 atom stereocenters. The number of ketones is 1. The van der Waals surface area contributed by atoms with Crippen LogP contribution in [0.3, 0.4) is 0 Å². The van der Waals surface area contributed by atoms with Gasteiger partial charge in [0.05, 0.1) is 4.88 Å². The molecule has 0 bridgehead atoms. The van der Waals surface area contributed by atoms with E-state index in [9.17, 15) is 9.18 Å². The number of allylic oxidation sites excluding steroid dienone is 2. The van der Waals surface area contributed by atoms with Crippen LogP contribution in [-0.4, -0.2) is 5.78 Å². The van der Waals surface area contributed by atoms with Gasteiger partial charge >= 0.3 is 0 Å². The second-order valence-corrected chi connectivity index (χ2v) is 4.96. The Morgan fingerprint density at radius 1 is 1.31 bits per heavy atom. The Bertz CT molecular complexity index is 577. The number of carbonyl (C=O) groups excluding carboxylic acids is 1. The van der Waals surface area contributed by atoms with Gasteiger partial charge in [-0.2, -0.15) is 0 Å². The van der Waals surface area contributed by atoms with E-state index >= 15 is 0 Å². The molecule has 0 spiro atoms. The highest BCUT2D eigenvalue weighted by Crippen LogP contribution is 2.27. The van der Waals surface area contributed by atoms with E-state index in [1.807, 2.05) is 13.8 Å². The van der Waals surface area contributed by atoms with Crippen LogP contribution in [0.1, 0.15) is 23.5 Å². The van der Waals surface area contributed by atoms with Gasteiger partial charge in [0.2, 0.25) is 0 Å². The van der Waals surface area contributed by atoms with Crippen LogP contribution in [0.5, 0.6) is 0 Å². The smallest absolute Gasteiger partial charge is 0.195 e. The zero-order valence-corrected chi connectivity index (χ0v) is 9.90. The SMILES string of the molecule is CC(C)=CC(=O)c1cc2ccc(F)cc2s1. The van der Waals surface area contributed by atoms with Crippen LogP contribution in [0, 0.1) is 5.82 Å². The number of halogens is 1. The lowest BCUT2D eigenvalue weighted by Crippen LogP contribution is -1.89. The van der Waals surface area contributed by atoms with Gasteiger partial charge < -0.3 is 0 Å². The number of carbonyl (C=O) groups is 1. The average molecular weight is 234 g/mol. The molecule has 0 unspecified atom stereocenters. The monoisotopic (exact) mass is 234 g/mol. The number of rotatable bonds is 2. The number of benzene rings is 1. The van der Waals surface area contributed by atoms with Crippen LogP contribution in [0.2, 0.25) is 0 Å².